The third-order valence-electron chi connectivity index (χ3n) is 5.12. The van der Waals surface area contributed by atoms with Gasteiger partial charge >= 0.3 is 5.69 Å². The Hall–Kier alpha value is -3.31. The molecule has 0 radical (unpaired) electrons. The molecule has 11 heteroatoms. The van der Waals surface area contributed by atoms with Gasteiger partial charge in [0.15, 0.2) is 22.7 Å². The second-order valence-electron chi connectivity index (χ2n) is 6.96. The van der Waals surface area contributed by atoms with Crippen molar-refractivity contribution in [3.8, 4) is 11.5 Å². The summed E-state index contributed by atoms with van der Waals surface area (Å²) in [6.45, 7) is 0.199. The highest BCUT2D eigenvalue weighted by atomic mass is 16.5. The highest BCUT2D eigenvalue weighted by Crippen LogP contribution is 2.31. The van der Waals surface area contributed by atoms with E-state index in [1.54, 1.807) is 39.0 Å². The molecule has 0 aliphatic rings. The normalized spacial score (nSPS) is 12.2. The van der Waals surface area contributed by atoms with E-state index in [4.69, 9.17) is 14.2 Å². The van der Waals surface area contributed by atoms with Crippen molar-refractivity contribution in [3.63, 3.8) is 0 Å². The molecule has 11 nitrogen and oxygen atoms in total. The van der Waals surface area contributed by atoms with E-state index in [1.807, 2.05) is 12.1 Å². The van der Waals surface area contributed by atoms with Crippen molar-refractivity contribution in [2.45, 2.75) is 12.6 Å². The molecule has 2 N–H and O–H groups in total. The van der Waals surface area contributed by atoms with Crippen LogP contribution in [0.4, 0.5) is 5.95 Å². The van der Waals surface area contributed by atoms with Gasteiger partial charge in [-0.15, -0.1) is 0 Å². The molecule has 1 atom stereocenters. The second-order valence-corrected chi connectivity index (χ2v) is 6.96. The molecule has 0 aliphatic carbocycles. The van der Waals surface area contributed by atoms with E-state index in [-0.39, 0.29) is 37.0 Å². The van der Waals surface area contributed by atoms with Gasteiger partial charge in [-0.3, -0.25) is 13.9 Å². The summed E-state index contributed by atoms with van der Waals surface area (Å²) in [7, 11) is 7.64. The summed E-state index contributed by atoms with van der Waals surface area (Å²) in [6, 6.07) is 5.11. The van der Waals surface area contributed by atoms with E-state index >= 15 is 0 Å². The van der Waals surface area contributed by atoms with Crippen molar-refractivity contribution in [2.24, 2.45) is 14.1 Å². The highest BCUT2D eigenvalue weighted by molar-refractivity contribution is 5.74. The quantitative estimate of drug-likeness (QED) is 0.492. The van der Waals surface area contributed by atoms with Crippen molar-refractivity contribution in [1.29, 1.82) is 0 Å². The van der Waals surface area contributed by atoms with Crippen LogP contribution in [0.3, 0.4) is 0 Å². The molecule has 0 amide bonds. The van der Waals surface area contributed by atoms with Crippen LogP contribution in [0.5, 0.6) is 11.5 Å². The SMILES string of the molecule is COC[C@H](Nc1nc2c(c(=O)n(C)c(=O)n2C)n1CCO)c1ccc(OC)c(OC)c1. The third kappa shape index (κ3) is 4.01. The number of fused-ring (bicyclic) bond motifs is 1. The number of rotatable bonds is 9. The number of aliphatic hydroxyl groups excluding tert-OH is 1. The Bertz CT molecular complexity index is 1200. The Morgan fingerprint density at radius 2 is 1.81 bits per heavy atom. The predicted molar refractivity (Wildman–Crippen MR) is 115 cm³/mol. The Labute approximate surface area is 178 Å². The second kappa shape index (κ2) is 9.23. The lowest BCUT2D eigenvalue weighted by molar-refractivity contribution is 0.186. The number of nitrogens with zero attached hydrogens (tertiary/aromatic N) is 4. The van der Waals surface area contributed by atoms with E-state index in [2.05, 4.69) is 10.3 Å². The zero-order valence-corrected chi connectivity index (χ0v) is 18.2. The highest BCUT2D eigenvalue weighted by Gasteiger charge is 2.22. The first-order valence-corrected chi connectivity index (χ1v) is 9.62. The van der Waals surface area contributed by atoms with Gasteiger partial charge in [-0.05, 0) is 17.7 Å². The molecule has 31 heavy (non-hydrogen) atoms. The summed E-state index contributed by atoms with van der Waals surface area (Å²) in [6.07, 6.45) is 0. The van der Waals surface area contributed by atoms with Crippen LogP contribution < -0.4 is 26.0 Å². The third-order valence-corrected chi connectivity index (χ3v) is 5.12. The van der Waals surface area contributed by atoms with Crippen LogP contribution >= 0.6 is 0 Å². The molecule has 2 aromatic heterocycles. The molecule has 0 saturated carbocycles. The number of hydrogen-bond donors (Lipinski definition) is 2. The molecule has 0 unspecified atom stereocenters. The average Bonchev–Trinajstić information content (AvgIpc) is 3.13. The topological polar surface area (TPSA) is 122 Å². The molecule has 2 heterocycles. The average molecular weight is 433 g/mol. The van der Waals surface area contributed by atoms with E-state index in [0.29, 0.717) is 17.4 Å². The summed E-state index contributed by atoms with van der Waals surface area (Å²) >= 11 is 0. The minimum absolute atomic E-state index is 0.123. The molecule has 1 aromatic carbocycles. The van der Waals surface area contributed by atoms with Crippen LogP contribution in [-0.2, 0) is 25.4 Å². The lowest BCUT2D eigenvalue weighted by Gasteiger charge is -2.21. The summed E-state index contributed by atoms with van der Waals surface area (Å²) in [5.41, 5.74) is 0.327. The van der Waals surface area contributed by atoms with Crippen LogP contribution in [0.15, 0.2) is 27.8 Å². The first kappa shape index (κ1) is 22.4. The first-order chi connectivity index (χ1) is 14.9. The Balaban J connectivity index is 2.14. The zero-order chi connectivity index (χ0) is 22.7. The van der Waals surface area contributed by atoms with Gasteiger partial charge in [0.25, 0.3) is 5.56 Å². The lowest BCUT2D eigenvalue weighted by Crippen LogP contribution is -2.37. The van der Waals surface area contributed by atoms with Crippen LogP contribution in [0.2, 0.25) is 0 Å². The number of hydrogen-bond acceptors (Lipinski definition) is 8. The van der Waals surface area contributed by atoms with Crippen molar-refractivity contribution < 1.29 is 19.3 Å². The minimum atomic E-state index is -0.485. The van der Waals surface area contributed by atoms with Gasteiger partial charge in [0.05, 0.1) is 33.5 Å². The molecule has 0 spiro atoms. The molecular formula is C20H27N5O6. The van der Waals surface area contributed by atoms with Gasteiger partial charge in [-0.2, -0.15) is 4.98 Å². The van der Waals surface area contributed by atoms with Crippen molar-refractivity contribution in [1.82, 2.24) is 18.7 Å². The van der Waals surface area contributed by atoms with E-state index in [0.717, 1.165) is 10.1 Å². The number of nitrogens with one attached hydrogen (secondary N) is 1. The summed E-state index contributed by atoms with van der Waals surface area (Å²) < 4.78 is 20.0. The fraction of sp³-hybridized carbons (Fsp3) is 0.450. The number of aromatic nitrogens is 4. The van der Waals surface area contributed by atoms with Gasteiger partial charge in [-0.25, -0.2) is 4.79 Å². The molecule has 0 fully saturated rings. The Kier molecular flexibility index (Phi) is 6.66. The summed E-state index contributed by atoms with van der Waals surface area (Å²) in [4.78, 5) is 29.6. The van der Waals surface area contributed by atoms with Crippen molar-refractivity contribution in [2.75, 3.05) is 39.9 Å². The lowest BCUT2D eigenvalue weighted by atomic mass is 10.1. The molecule has 0 aliphatic heterocycles. The van der Waals surface area contributed by atoms with Crippen molar-refractivity contribution >= 4 is 17.1 Å². The smallest absolute Gasteiger partial charge is 0.332 e. The molecule has 3 rings (SSSR count). The number of benzene rings is 1. The molecular weight excluding hydrogens is 406 g/mol. The molecule has 0 bridgehead atoms. The van der Waals surface area contributed by atoms with Gasteiger partial charge in [0, 0.05) is 27.7 Å². The van der Waals surface area contributed by atoms with Crippen LogP contribution in [-0.4, -0.2) is 58.3 Å². The maximum atomic E-state index is 12.8. The van der Waals surface area contributed by atoms with E-state index < -0.39 is 11.2 Å². The fourth-order valence-corrected chi connectivity index (χ4v) is 3.49. The number of imidazole rings is 1. The van der Waals surface area contributed by atoms with Gasteiger partial charge < -0.3 is 29.2 Å². The monoisotopic (exact) mass is 433 g/mol. The van der Waals surface area contributed by atoms with Crippen LogP contribution in [0.1, 0.15) is 11.6 Å². The predicted octanol–water partition coefficient (Wildman–Crippen LogP) is 0.243. The molecule has 0 saturated heterocycles. The minimum Gasteiger partial charge on any atom is -0.493 e. The van der Waals surface area contributed by atoms with Gasteiger partial charge in [-0.1, -0.05) is 6.07 Å². The van der Waals surface area contributed by atoms with E-state index in [1.165, 1.54) is 11.6 Å². The Morgan fingerprint density at radius 1 is 1.10 bits per heavy atom. The Morgan fingerprint density at radius 3 is 2.42 bits per heavy atom. The van der Waals surface area contributed by atoms with Crippen LogP contribution in [0, 0.1) is 0 Å². The van der Waals surface area contributed by atoms with Crippen molar-refractivity contribution in [3.05, 3.63) is 44.6 Å². The zero-order valence-electron chi connectivity index (χ0n) is 18.2. The van der Waals surface area contributed by atoms with Gasteiger partial charge in [0.2, 0.25) is 5.95 Å². The maximum absolute atomic E-state index is 12.8. The first-order valence-electron chi connectivity index (χ1n) is 9.62. The molecule has 3 aromatic rings. The number of ether oxygens (including phenoxy) is 3. The number of aliphatic hydroxyl groups is 1. The maximum Gasteiger partial charge on any atom is 0.332 e. The molecule has 168 valence electrons. The largest absolute Gasteiger partial charge is 0.493 e. The summed E-state index contributed by atoms with van der Waals surface area (Å²) in [5, 5.41) is 12.9. The van der Waals surface area contributed by atoms with Gasteiger partial charge in [0.1, 0.15) is 0 Å². The van der Waals surface area contributed by atoms with E-state index in [9.17, 15) is 14.7 Å². The number of anilines is 1. The summed E-state index contributed by atoms with van der Waals surface area (Å²) in [5.74, 6) is 1.48. The number of aryl methyl sites for hydroxylation is 1. The standard InChI is InChI=1S/C20H27N5O6/c1-23-17-16(18(27)24(2)20(23)28)25(8-9-26)19(22-17)21-13(11-29-3)12-6-7-14(30-4)15(10-12)31-5/h6-7,10,13,26H,8-9,11H2,1-5H3,(H,21,22)/t13-/m0/s1. The number of methoxy groups -OCH3 is 3. The van der Waals surface area contributed by atoms with Crippen LogP contribution in [0.25, 0.3) is 11.2 Å². The fourth-order valence-electron chi connectivity index (χ4n) is 3.49.